The van der Waals surface area contributed by atoms with Gasteiger partial charge in [0.15, 0.2) is 0 Å². The minimum atomic E-state index is 0.648. The first-order valence-corrected chi connectivity index (χ1v) is 9.29. The van der Waals surface area contributed by atoms with Crippen LogP contribution in [0.3, 0.4) is 0 Å². The molecule has 1 aromatic carbocycles. The molecule has 27 heavy (non-hydrogen) atoms. The third kappa shape index (κ3) is 2.70. The SMILES string of the molecule is N#Cc1cccc(-c2nn3c(c2-c2ccncc2)CNC(=C2CCC2)C3)c1. The lowest BCUT2D eigenvalue weighted by atomic mass is 9.90. The average molecular weight is 353 g/mol. The molecule has 1 saturated carbocycles. The normalized spacial score (nSPS) is 15.5. The van der Waals surface area contributed by atoms with E-state index in [-0.39, 0.29) is 0 Å². The largest absolute Gasteiger partial charge is 0.381 e. The number of nitrogens with zero attached hydrogens (tertiary/aromatic N) is 4. The summed E-state index contributed by atoms with van der Waals surface area (Å²) < 4.78 is 2.13. The molecule has 3 heterocycles. The first-order valence-electron chi connectivity index (χ1n) is 9.29. The number of aromatic nitrogens is 3. The summed E-state index contributed by atoms with van der Waals surface area (Å²) >= 11 is 0. The van der Waals surface area contributed by atoms with Crippen LogP contribution in [0.4, 0.5) is 0 Å². The highest BCUT2D eigenvalue weighted by atomic mass is 15.3. The van der Waals surface area contributed by atoms with Gasteiger partial charge in [-0.05, 0) is 54.7 Å². The molecule has 2 aromatic heterocycles. The van der Waals surface area contributed by atoms with Gasteiger partial charge in [0, 0.05) is 29.2 Å². The van der Waals surface area contributed by atoms with E-state index in [4.69, 9.17) is 5.10 Å². The maximum atomic E-state index is 9.29. The second-order valence-electron chi connectivity index (χ2n) is 7.05. The van der Waals surface area contributed by atoms with Gasteiger partial charge in [-0.25, -0.2) is 0 Å². The van der Waals surface area contributed by atoms with Gasteiger partial charge in [-0.1, -0.05) is 12.1 Å². The van der Waals surface area contributed by atoms with Crippen molar-refractivity contribution in [2.24, 2.45) is 0 Å². The second-order valence-corrected chi connectivity index (χ2v) is 7.05. The smallest absolute Gasteiger partial charge is 0.101 e. The molecule has 0 unspecified atom stereocenters. The van der Waals surface area contributed by atoms with Crippen molar-refractivity contribution >= 4 is 0 Å². The summed E-state index contributed by atoms with van der Waals surface area (Å²) in [5, 5.41) is 17.9. The van der Waals surface area contributed by atoms with E-state index in [2.05, 4.69) is 21.1 Å². The number of nitrogens with one attached hydrogen (secondary N) is 1. The molecule has 0 atom stereocenters. The third-order valence-electron chi connectivity index (χ3n) is 5.45. The predicted octanol–water partition coefficient (Wildman–Crippen LogP) is 4.02. The molecule has 0 radical (unpaired) electrons. The third-order valence-corrected chi connectivity index (χ3v) is 5.45. The molecule has 0 spiro atoms. The van der Waals surface area contributed by atoms with E-state index in [1.807, 2.05) is 48.8 Å². The number of hydrogen-bond donors (Lipinski definition) is 1. The zero-order chi connectivity index (χ0) is 18.2. The van der Waals surface area contributed by atoms with Crippen molar-refractivity contribution in [2.45, 2.75) is 32.4 Å². The van der Waals surface area contributed by atoms with Crippen LogP contribution in [0.25, 0.3) is 22.4 Å². The standard InChI is InChI=1S/C22H19N5/c23-12-15-3-1-6-18(11-15)22-21(17-7-9-24-10-8-17)20-13-25-19(14-27(20)26-22)16-4-2-5-16/h1,3,6-11,25H,2,4-5,13-14H2. The van der Waals surface area contributed by atoms with Crippen molar-refractivity contribution in [3.8, 4) is 28.5 Å². The van der Waals surface area contributed by atoms with Gasteiger partial charge in [0.25, 0.3) is 0 Å². The highest BCUT2D eigenvalue weighted by Gasteiger charge is 2.26. The van der Waals surface area contributed by atoms with Gasteiger partial charge in [0.2, 0.25) is 0 Å². The summed E-state index contributed by atoms with van der Waals surface area (Å²) in [6, 6.07) is 14.0. The molecule has 1 aliphatic heterocycles. The van der Waals surface area contributed by atoms with Crippen molar-refractivity contribution in [2.75, 3.05) is 0 Å². The lowest BCUT2D eigenvalue weighted by Crippen LogP contribution is -2.29. The molecule has 5 rings (SSSR count). The van der Waals surface area contributed by atoms with Gasteiger partial charge in [0.05, 0.1) is 30.4 Å². The molecule has 5 heteroatoms. The van der Waals surface area contributed by atoms with Crippen LogP contribution in [0.1, 0.15) is 30.5 Å². The topological polar surface area (TPSA) is 66.5 Å². The fourth-order valence-corrected chi connectivity index (χ4v) is 3.86. The lowest BCUT2D eigenvalue weighted by Gasteiger charge is -2.27. The van der Waals surface area contributed by atoms with E-state index in [1.54, 1.807) is 0 Å². The second kappa shape index (κ2) is 6.40. The number of hydrogen-bond acceptors (Lipinski definition) is 4. The Hall–Kier alpha value is -3.39. The van der Waals surface area contributed by atoms with E-state index >= 15 is 0 Å². The highest BCUT2D eigenvalue weighted by Crippen LogP contribution is 2.37. The van der Waals surface area contributed by atoms with Crippen LogP contribution in [0.5, 0.6) is 0 Å². The van der Waals surface area contributed by atoms with Crippen LogP contribution >= 0.6 is 0 Å². The molecule has 0 amide bonds. The average Bonchev–Trinajstić information content (AvgIpc) is 3.06. The van der Waals surface area contributed by atoms with E-state index < -0.39 is 0 Å². The van der Waals surface area contributed by atoms with Crippen molar-refractivity contribution in [1.82, 2.24) is 20.1 Å². The maximum Gasteiger partial charge on any atom is 0.101 e. The van der Waals surface area contributed by atoms with Gasteiger partial charge in [-0.2, -0.15) is 10.4 Å². The van der Waals surface area contributed by atoms with Crippen LogP contribution < -0.4 is 5.32 Å². The Balaban J connectivity index is 1.68. The van der Waals surface area contributed by atoms with Gasteiger partial charge in [-0.15, -0.1) is 0 Å². The predicted molar refractivity (Wildman–Crippen MR) is 103 cm³/mol. The fraction of sp³-hybridized carbons (Fsp3) is 0.227. The molecule has 0 bridgehead atoms. The Morgan fingerprint density at radius 2 is 1.93 bits per heavy atom. The van der Waals surface area contributed by atoms with Crippen LogP contribution in [-0.4, -0.2) is 14.8 Å². The van der Waals surface area contributed by atoms with E-state index in [0.717, 1.165) is 35.5 Å². The van der Waals surface area contributed by atoms with Crippen LogP contribution in [0.15, 0.2) is 60.1 Å². The Kier molecular flexibility index (Phi) is 3.75. The maximum absolute atomic E-state index is 9.29. The highest BCUT2D eigenvalue weighted by molar-refractivity contribution is 5.83. The van der Waals surface area contributed by atoms with Gasteiger partial charge < -0.3 is 5.32 Å². The van der Waals surface area contributed by atoms with E-state index in [9.17, 15) is 5.26 Å². The Morgan fingerprint density at radius 3 is 2.67 bits per heavy atom. The first-order chi connectivity index (χ1) is 13.3. The minimum absolute atomic E-state index is 0.648. The van der Waals surface area contributed by atoms with Crippen molar-refractivity contribution in [1.29, 1.82) is 5.26 Å². The minimum Gasteiger partial charge on any atom is -0.381 e. The molecular weight excluding hydrogens is 334 g/mol. The summed E-state index contributed by atoms with van der Waals surface area (Å²) in [5.41, 5.74) is 8.82. The number of rotatable bonds is 2. The Morgan fingerprint density at radius 1 is 1.07 bits per heavy atom. The van der Waals surface area contributed by atoms with Crippen LogP contribution in [0.2, 0.25) is 0 Å². The van der Waals surface area contributed by atoms with Gasteiger partial charge in [-0.3, -0.25) is 9.67 Å². The summed E-state index contributed by atoms with van der Waals surface area (Å²) in [6.07, 6.45) is 7.32. The number of pyridine rings is 1. The molecule has 1 aliphatic carbocycles. The van der Waals surface area contributed by atoms with Crippen LogP contribution in [-0.2, 0) is 13.1 Å². The quantitative estimate of drug-likeness (QED) is 0.755. The molecule has 0 saturated heterocycles. The lowest BCUT2D eigenvalue weighted by molar-refractivity contribution is 0.509. The zero-order valence-corrected chi connectivity index (χ0v) is 14.9. The summed E-state index contributed by atoms with van der Waals surface area (Å²) in [4.78, 5) is 4.16. The van der Waals surface area contributed by atoms with E-state index in [1.165, 1.54) is 36.2 Å². The summed E-state index contributed by atoms with van der Waals surface area (Å²) in [5.74, 6) is 0. The molecule has 1 fully saturated rings. The Labute approximate surface area is 158 Å². The fourth-order valence-electron chi connectivity index (χ4n) is 3.86. The van der Waals surface area contributed by atoms with E-state index in [0.29, 0.717) is 5.56 Å². The van der Waals surface area contributed by atoms with Crippen molar-refractivity contribution in [3.05, 3.63) is 71.3 Å². The Bertz CT molecular complexity index is 1080. The molecule has 132 valence electrons. The van der Waals surface area contributed by atoms with Crippen LogP contribution in [0, 0.1) is 11.3 Å². The first kappa shape index (κ1) is 15.8. The monoisotopic (exact) mass is 353 g/mol. The van der Waals surface area contributed by atoms with Gasteiger partial charge in [0.1, 0.15) is 5.69 Å². The molecule has 1 N–H and O–H groups in total. The molecule has 3 aromatic rings. The van der Waals surface area contributed by atoms with Crippen molar-refractivity contribution < 1.29 is 0 Å². The number of fused-ring (bicyclic) bond motifs is 1. The number of benzene rings is 1. The molecule has 2 aliphatic rings. The number of nitriles is 1. The zero-order valence-electron chi connectivity index (χ0n) is 14.9. The van der Waals surface area contributed by atoms with Gasteiger partial charge >= 0.3 is 0 Å². The number of allylic oxidation sites excluding steroid dienone is 2. The molecule has 5 nitrogen and oxygen atoms in total. The summed E-state index contributed by atoms with van der Waals surface area (Å²) in [7, 11) is 0. The van der Waals surface area contributed by atoms with Crippen molar-refractivity contribution in [3.63, 3.8) is 0 Å². The molecular formula is C22H19N5. The summed E-state index contributed by atoms with van der Waals surface area (Å²) in [6.45, 7) is 1.56.